The molecule has 0 aromatic heterocycles. The molecule has 0 aromatic rings. The molecule has 1 N–H and O–H groups in total. The predicted molar refractivity (Wildman–Crippen MR) is 80.9 cm³/mol. The normalized spacial score (nSPS) is 22.2. The molecule has 2 amide bonds. The zero-order valence-electron chi connectivity index (χ0n) is 13.2. The average molecular weight is 296 g/mol. The van der Waals surface area contributed by atoms with E-state index >= 15 is 0 Å². The summed E-state index contributed by atoms with van der Waals surface area (Å²) < 4.78 is 5.48. The minimum Gasteiger partial charge on any atom is -0.381 e. The van der Waals surface area contributed by atoms with Gasteiger partial charge in [-0.3, -0.25) is 9.59 Å². The van der Waals surface area contributed by atoms with Crippen LogP contribution >= 0.6 is 0 Å². The van der Waals surface area contributed by atoms with E-state index in [9.17, 15) is 9.59 Å². The Hall–Kier alpha value is -1.10. The lowest BCUT2D eigenvalue weighted by Gasteiger charge is -2.38. The topological polar surface area (TPSA) is 58.6 Å². The van der Waals surface area contributed by atoms with Crippen molar-refractivity contribution in [2.24, 2.45) is 0 Å². The van der Waals surface area contributed by atoms with Crippen LogP contribution in [0.3, 0.4) is 0 Å². The molecule has 1 aliphatic heterocycles. The fourth-order valence-electron chi connectivity index (χ4n) is 3.33. The van der Waals surface area contributed by atoms with Crippen LogP contribution in [0.5, 0.6) is 0 Å². The van der Waals surface area contributed by atoms with Crippen molar-refractivity contribution in [2.75, 3.05) is 26.3 Å². The zero-order valence-corrected chi connectivity index (χ0v) is 13.2. The van der Waals surface area contributed by atoms with Crippen LogP contribution in [0.4, 0.5) is 0 Å². The van der Waals surface area contributed by atoms with Crippen LogP contribution in [0.1, 0.15) is 58.3 Å². The lowest BCUT2D eigenvalue weighted by molar-refractivity contribution is -0.140. The van der Waals surface area contributed by atoms with Gasteiger partial charge in [-0.15, -0.1) is 0 Å². The Kier molecular flexibility index (Phi) is 6.03. The molecule has 120 valence electrons. The van der Waals surface area contributed by atoms with Gasteiger partial charge < -0.3 is 15.0 Å². The summed E-state index contributed by atoms with van der Waals surface area (Å²) in [6.45, 7) is 4.78. The minimum absolute atomic E-state index is 0.0231. The van der Waals surface area contributed by atoms with Gasteiger partial charge in [-0.05, 0) is 25.7 Å². The number of hydrogen-bond donors (Lipinski definition) is 1. The summed E-state index contributed by atoms with van der Waals surface area (Å²) in [4.78, 5) is 26.7. The molecule has 2 fully saturated rings. The van der Waals surface area contributed by atoms with E-state index in [-0.39, 0.29) is 11.8 Å². The number of amides is 2. The molecule has 1 saturated carbocycles. The first-order chi connectivity index (χ1) is 10.2. The van der Waals surface area contributed by atoms with Gasteiger partial charge in [0.2, 0.25) is 11.8 Å². The molecular formula is C16H28N2O3. The van der Waals surface area contributed by atoms with Gasteiger partial charge in [-0.25, -0.2) is 0 Å². The Labute approximate surface area is 127 Å². The van der Waals surface area contributed by atoms with Crippen molar-refractivity contribution in [2.45, 2.75) is 63.8 Å². The van der Waals surface area contributed by atoms with Gasteiger partial charge in [0.1, 0.15) is 5.54 Å². The highest BCUT2D eigenvalue weighted by molar-refractivity contribution is 5.93. The molecule has 5 nitrogen and oxygen atoms in total. The van der Waals surface area contributed by atoms with Crippen LogP contribution in [0.15, 0.2) is 0 Å². The second-order valence-corrected chi connectivity index (χ2v) is 6.20. The lowest BCUT2D eigenvalue weighted by Crippen LogP contribution is -2.58. The van der Waals surface area contributed by atoms with E-state index in [1.54, 1.807) is 0 Å². The summed E-state index contributed by atoms with van der Waals surface area (Å²) in [5, 5.41) is 3.02. The molecular weight excluding hydrogens is 268 g/mol. The van der Waals surface area contributed by atoms with E-state index in [1.165, 1.54) is 0 Å². The fourth-order valence-corrected chi connectivity index (χ4v) is 3.33. The van der Waals surface area contributed by atoms with Gasteiger partial charge in [0, 0.05) is 32.7 Å². The van der Waals surface area contributed by atoms with Gasteiger partial charge in [0.05, 0.1) is 0 Å². The number of ether oxygens (including phenoxy) is 1. The maximum absolute atomic E-state index is 12.9. The molecule has 0 aromatic carbocycles. The highest BCUT2D eigenvalue weighted by Crippen LogP contribution is 2.31. The molecule has 1 heterocycles. The largest absolute Gasteiger partial charge is 0.381 e. The van der Waals surface area contributed by atoms with E-state index in [0.717, 1.165) is 51.6 Å². The number of carbonyl (C=O) groups excluding carboxylic acids is 2. The van der Waals surface area contributed by atoms with Crippen LogP contribution in [-0.2, 0) is 14.3 Å². The molecule has 1 aliphatic carbocycles. The second kappa shape index (κ2) is 7.78. The van der Waals surface area contributed by atoms with E-state index in [0.29, 0.717) is 26.1 Å². The van der Waals surface area contributed by atoms with Crippen LogP contribution in [-0.4, -0.2) is 48.6 Å². The van der Waals surface area contributed by atoms with Crippen molar-refractivity contribution in [3.63, 3.8) is 0 Å². The molecule has 2 rings (SSSR count). The molecule has 0 radical (unpaired) electrons. The summed E-state index contributed by atoms with van der Waals surface area (Å²) in [5.74, 6) is 0.151. The van der Waals surface area contributed by atoms with Crippen LogP contribution in [0.25, 0.3) is 0 Å². The Morgan fingerprint density at radius 1 is 1.19 bits per heavy atom. The summed E-state index contributed by atoms with van der Waals surface area (Å²) in [5.41, 5.74) is -0.615. The monoisotopic (exact) mass is 296 g/mol. The van der Waals surface area contributed by atoms with E-state index < -0.39 is 5.54 Å². The van der Waals surface area contributed by atoms with Crippen LogP contribution < -0.4 is 5.32 Å². The molecule has 2 aliphatic rings. The maximum Gasteiger partial charge on any atom is 0.248 e. The molecule has 1 saturated heterocycles. The van der Waals surface area contributed by atoms with Crippen molar-refractivity contribution in [1.29, 1.82) is 0 Å². The van der Waals surface area contributed by atoms with Crippen molar-refractivity contribution in [1.82, 2.24) is 10.2 Å². The first-order valence-corrected chi connectivity index (χ1v) is 8.36. The highest BCUT2D eigenvalue weighted by atomic mass is 16.5. The SMILES string of the molecule is CCCOCCCN1CCC(=O)NC2(CCCCC2)C1=O. The zero-order chi connectivity index (χ0) is 15.1. The minimum atomic E-state index is -0.615. The third-order valence-electron chi connectivity index (χ3n) is 4.46. The predicted octanol–water partition coefficient (Wildman–Crippen LogP) is 1.85. The third kappa shape index (κ3) is 4.19. The van der Waals surface area contributed by atoms with Gasteiger partial charge >= 0.3 is 0 Å². The van der Waals surface area contributed by atoms with Crippen molar-refractivity contribution < 1.29 is 14.3 Å². The molecule has 0 bridgehead atoms. The Balaban J connectivity index is 1.93. The number of carbonyl (C=O) groups is 2. The van der Waals surface area contributed by atoms with E-state index in [2.05, 4.69) is 12.2 Å². The third-order valence-corrected chi connectivity index (χ3v) is 4.46. The number of hydrogen-bond acceptors (Lipinski definition) is 3. The first-order valence-electron chi connectivity index (χ1n) is 8.36. The lowest BCUT2D eigenvalue weighted by atomic mass is 9.80. The summed E-state index contributed by atoms with van der Waals surface area (Å²) in [6.07, 6.45) is 7.08. The summed E-state index contributed by atoms with van der Waals surface area (Å²) in [7, 11) is 0. The van der Waals surface area contributed by atoms with Crippen molar-refractivity contribution in [3.05, 3.63) is 0 Å². The highest BCUT2D eigenvalue weighted by Gasteiger charge is 2.44. The van der Waals surface area contributed by atoms with E-state index in [1.807, 2.05) is 4.90 Å². The van der Waals surface area contributed by atoms with Crippen LogP contribution in [0, 0.1) is 0 Å². The number of nitrogens with zero attached hydrogens (tertiary/aromatic N) is 1. The second-order valence-electron chi connectivity index (χ2n) is 6.20. The molecule has 1 spiro atoms. The Morgan fingerprint density at radius 3 is 2.67 bits per heavy atom. The van der Waals surface area contributed by atoms with Gasteiger partial charge in [0.15, 0.2) is 0 Å². The maximum atomic E-state index is 12.9. The van der Waals surface area contributed by atoms with Gasteiger partial charge in [0.25, 0.3) is 0 Å². The average Bonchev–Trinajstić information content (AvgIpc) is 2.60. The number of rotatable bonds is 6. The summed E-state index contributed by atoms with van der Waals surface area (Å²) in [6, 6.07) is 0. The molecule has 5 heteroatoms. The van der Waals surface area contributed by atoms with Crippen molar-refractivity contribution in [3.8, 4) is 0 Å². The quantitative estimate of drug-likeness (QED) is 0.761. The van der Waals surface area contributed by atoms with Crippen molar-refractivity contribution >= 4 is 11.8 Å². The number of nitrogens with one attached hydrogen (secondary N) is 1. The van der Waals surface area contributed by atoms with Gasteiger partial charge in [-0.2, -0.15) is 0 Å². The molecule has 21 heavy (non-hydrogen) atoms. The Morgan fingerprint density at radius 2 is 1.95 bits per heavy atom. The standard InChI is InChI=1S/C16H28N2O3/c1-2-12-21-13-6-10-18-11-7-14(19)17-16(15(18)20)8-4-3-5-9-16/h2-13H2,1H3,(H,17,19). The van der Waals surface area contributed by atoms with Gasteiger partial charge in [-0.1, -0.05) is 26.2 Å². The molecule has 0 unspecified atom stereocenters. The van der Waals surface area contributed by atoms with E-state index in [4.69, 9.17) is 4.74 Å². The first kappa shape index (κ1) is 16.3. The van der Waals surface area contributed by atoms with Crippen LogP contribution in [0.2, 0.25) is 0 Å². The fraction of sp³-hybridized carbons (Fsp3) is 0.875. The summed E-state index contributed by atoms with van der Waals surface area (Å²) >= 11 is 0. The molecule has 0 atom stereocenters. The smallest absolute Gasteiger partial charge is 0.248 e. The Bertz CT molecular complexity index is 365.